The lowest BCUT2D eigenvalue weighted by atomic mass is 9.85. The van der Waals surface area contributed by atoms with Crippen molar-refractivity contribution in [1.29, 1.82) is 0 Å². The van der Waals surface area contributed by atoms with Gasteiger partial charge in [-0.15, -0.1) is 0 Å². The van der Waals surface area contributed by atoms with Crippen molar-refractivity contribution >= 4 is 6.03 Å². The van der Waals surface area contributed by atoms with Crippen LogP contribution in [0.15, 0.2) is 54.6 Å². The lowest BCUT2D eigenvalue weighted by Gasteiger charge is -2.25. The molecule has 2 rings (SSSR count). The summed E-state index contributed by atoms with van der Waals surface area (Å²) < 4.78 is 12.8. The molecule has 3 nitrogen and oxygen atoms in total. The van der Waals surface area contributed by atoms with Crippen LogP contribution in [-0.4, -0.2) is 19.1 Å². The fourth-order valence-electron chi connectivity index (χ4n) is 2.33. The van der Waals surface area contributed by atoms with Gasteiger partial charge in [-0.05, 0) is 29.7 Å². The molecule has 2 aromatic carbocycles. The molecule has 2 N–H and O–H groups in total. The molecule has 122 valence electrons. The highest BCUT2D eigenvalue weighted by Gasteiger charge is 2.20. The Hall–Kier alpha value is -2.36. The predicted octanol–water partition coefficient (Wildman–Crippen LogP) is 3.65. The lowest BCUT2D eigenvalue weighted by molar-refractivity contribution is 0.238. The van der Waals surface area contributed by atoms with Gasteiger partial charge < -0.3 is 10.6 Å². The van der Waals surface area contributed by atoms with Gasteiger partial charge in [0, 0.05) is 18.5 Å². The van der Waals surface area contributed by atoms with Gasteiger partial charge in [0.25, 0.3) is 0 Å². The second kappa shape index (κ2) is 7.77. The second-order valence-corrected chi connectivity index (χ2v) is 6.24. The Bertz CT molecular complexity index is 624. The summed E-state index contributed by atoms with van der Waals surface area (Å²) in [5, 5.41) is 5.73. The Labute approximate surface area is 136 Å². The molecule has 0 atom stereocenters. The van der Waals surface area contributed by atoms with E-state index in [1.54, 1.807) is 12.1 Å². The zero-order valence-electron chi connectivity index (χ0n) is 13.6. The van der Waals surface area contributed by atoms with Crippen LogP contribution in [0.3, 0.4) is 0 Å². The molecule has 0 aliphatic rings. The van der Waals surface area contributed by atoms with Crippen molar-refractivity contribution in [3.63, 3.8) is 0 Å². The first kappa shape index (κ1) is 17.0. The van der Waals surface area contributed by atoms with Crippen LogP contribution in [0, 0.1) is 5.82 Å². The fraction of sp³-hybridized carbons (Fsp3) is 0.316. The van der Waals surface area contributed by atoms with Crippen LogP contribution in [-0.2, 0) is 11.8 Å². The molecule has 0 aliphatic carbocycles. The maximum atomic E-state index is 12.8. The molecule has 0 bridgehead atoms. The summed E-state index contributed by atoms with van der Waals surface area (Å²) >= 11 is 0. The smallest absolute Gasteiger partial charge is 0.314 e. The number of rotatable bonds is 6. The average molecular weight is 314 g/mol. The van der Waals surface area contributed by atoms with Crippen molar-refractivity contribution in [3.05, 3.63) is 71.5 Å². The SMILES string of the molecule is CC(C)(CNC(=O)NCCc1ccc(F)cc1)c1ccccc1. The third kappa shape index (κ3) is 5.40. The summed E-state index contributed by atoms with van der Waals surface area (Å²) in [7, 11) is 0. The number of amides is 2. The Kier molecular flexibility index (Phi) is 5.74. The molecular formula is C19H23FN2O. The molecule has 0 heterocycles. The zero-order chi connectivity index (χ0) is 16.7. The van der Waals surface area contributed by atoms with E-state index in [1.165, 1.54) is 17.7 Å². The monoisotopic (exact) mass is 314 g/mol. The third-order valence-corrected chi connectivity index (χ3v) is 3.86. The molecule has 0 saturated carbocycles. The minimum absolute atomic E-state index is 0.129. The minimum atomic E-state index is -0.248. The number of nitrogens with one attached hydrogen (secondary N) is 2. The number of hydrogen-bond donors (Lipinski definition) is 2. The molecule has 23 heavy (non-hydrogen) atoms. The molecule has 0 aliphatic heterocycles. The Balaban J connectivity index is 1.73. The van der Waals surface area contributed by atoms with E-state index in [0.29, 0.717) is 19.5 Å². The van der Waals surface area contributed by atoms with Crippen LogP contribution >= 0.6 is 0 Å². The van der Waals surface area contributed by atoms with Crippen molar-refractivity contribution < 1.29 is 9.18 Å². The summed E-state index contributed by atoms with van der Waals surface area (Å²) in [4.78, 5) is 11.9. The highest BCUT2D eigenvalue weighted by Crippen LogP contribution is 2.21. The van der Waals surface area contributed by atoms with Crippen LogP contribution < -0.4 is 10.6 Å². The zero-order valence-corrected chi connectivity index (χ0v) is 13.6. The minimum Gasteiger partial charge on any atom is -0.338 e. The Morgan fingerprint density at radius 1 is 1.00 bits per heavy atom. The van der Waals surface area contributed by atoms with Crippen LogP contribution in [0.25, 0.3) is 0 Å². The summed E-state index contributed by atoms with van der Waals surface area (Å²) in [6, 6.07) is 16.2. The first-order valence-electron chi connectivity index (χ1n) is 7.79. The van der Waals surface area contributed by atoms with E-state index in [-0.39, 0.29) is 17.3 Å². The normalized spacial score (nSPS) is 11.1. The van der Waals surface area contributed by atoms with E-state index in [9.17, 15) is 9.18 Å². The molecule has 0 spiro atoms. The van der Waals surface area contributed by atoms with E-state index in [1.807, 2.05) is 18.2 Å². The van der Waals surface area contributed by atoms with Gasteiger partial charge in [0.1, 0.15) is 5.82 Å². The first-order chi connectivity index (χ1) is 11.0. The van der Waals surface area contributed by atoms with Crippen molar-refractivity contribution in [2.45, 2.75) is 25.7 Å². The van der Waals surface area contributed by atoms with E-state index in [0.717, 1.165) is 5.56 Å². The van der Waals surface area contributed by atoms with Gasteiger partial charge in [0.15, 0.2) is 0 Å². The van der Waals surface area contributed by atoms with Crippen molar-refractivity contribution in [1.82, 2.24) is 10.6 Å². The van der Waals surface area contributed by atoms with Gasteiger partial charge in [-0.2, -0.15) is 0 Å². The lowest BCUT2D eigenvalue weighted by Crippen LogP contribution is -2.42. The first-order valence-corrected chi connectivity index (χ1v) is 7.79. The Morgan fingerprint density at radius 3 is 2.30 bits per heavy atom. The van der Waals surface area contributed by atoms with Crippen molar-refractivity contribution in [3.8, 4) is 0 Å². The van der Waals surface area contributed by atoms with E-state index in [2.05, 4.69) is 36.6 Å². The molecular weight excluding hydrogens is 291 g/mol. The molecule has 4 heteroatoms. The third-order valence-electron chi connectivity index (χ3n) is 3.86. The molecule has 0 radical (unpaired) electrons. The predicted molar refractivity (Wildman–Crippen MR) is 91.0 cm³/mol. The number of benzene rings is 2. The quantitative estimate of drug-likeness (QED) is 0.839. The van der Waals surface area contributed by atoms with Gasteiger partial charge in [-0.3, -0.25) is 0 Å². The van der Waals surface area contributed by atoms with Crippen LogP contribution in [0.5, 0.6) is 0 Å². The largest absolute Gasteiger partial charge is 0.338 e. The topological polar surface area (TPSA) is 41.1 Å². The maximum Gasteiger partial charge on any atom is 0.314 e. The molecule has 0 aromatic heterocycles. The number of carbonyl (C=O) groups excluding carboxylic acids is 1. The highest BCUT2D eigenvalue weighted by molar-refractivity contribution is 5.73. The molecule has 0 fully saturated rings. The van der Waals surface area contributed by atoms with Gasteiger partial charge in [0.05, 0.1) is 0 Å². The molecule has 2 amide bonds. The van der Waals surface area contributed by atoms with Gasteiger partial charge in [0.2, 0.25) is 0 Å². The summed E-state index contributed by atoms with van der Waals surface area (Å²) in [5.41, 5.74) is 2.05. The van der Waals surface area contributed by atoms with Gasteiger partial charge >= 0.3 is 6.03 Å². The van der Waals surface area contributed by atoms with Crippen LogP contribution in [0.1, 0.15) is 25.0 Å². The van der Waals surface area contributed by atoms with Crippen molar-refractivity contribution in [2.75, 3.05) is 13.1 Å². The van der Waals surface area contributed by atoms with Crippen LogP contribution in [0.2, 0.25) is 0 Å². The molecule has 2 aromatic rings. The second-order valence-electron chi connectivity index (χ2n) is 6.24. The maximum absolute atomic E-state index is 12.8. The van der Waals surface area contributed by atoms with Crippen LogP contribution in [0.4, 0.5) is 9.18 Å². The number of hydrogen-bond acceptors (Lipinski definition) is 1. The summed E-state index contributed by atoms with van der Waals surface area (Å²) in [6.07, 6.45) is 0.676. The fourth-order valence-corrected chi connectivity index (χ4v) is 2.33. The number of carbonyl (C=O) groups is 1. The standard InChI is InChI=1S/C19H23FN2O/c1-19(2,16-6-4-3-5-7-16)14-22-18(23)21-13-12-15-8-10-17(20)11-9-15/h3-11H,12-14H2,1-2H3,(H2,21,22,23). The van der Waals surface area contributed by atoms with Gasteiger partial charge in [-0.1, -0.05) is 56.3 Å². The summed E-state index contributed by atoms with van der Waals surface area (Å²) in [6.45, 7) is 5.27. The van der Waals surface area contributed by atoms with E-state index >= 15 is 0 Å². The number of halogens is 1. The summed E-state index contributed by atoms with van der Waals surface area (Å²) in [5.74, 6) is -0.248. The average Bonchev–Trinajstić information content (AvgIpc) is 2.56. The van der Waals surface area contributed by atoms with Crippen molar-refractivity contribution in [2.24, 2.45) is 0 Å². The number of urea groups is 1. The van der Waals surface area contributed by atoms with E-state index < -0.39 is 0 Å². The highest BCUT2D eigenvalue weighted by atomic mass is 19.1. The molecule has 0 unspecified atom stereocenters. The van der Waals surface area contributed by atoms with Gasteiger partial charge in [-0.25, -0.2) is 9.18 Å². The Morgan fingerprint density at radius 2 is 1.65 bits per heavy atom. The molecule has 0 saturated heterocycles. The van der Waals surface area contributed by atoms with E-state index in [4.69, 9.17) is 0 Å².